The Morgan fingerprint density at radius 3 is 2.32 bits per heavy atom. The molecule has 1 aromatic heterocycles. The lowest BCUT2D eigenvalue weighted by atomic mass is 10.1. The van der Waals surface area contributed by atoms with Crippen molar-refractivity contribution in [1.29, 1.82) is 0 Å². The molecule has 0 saturated carbocycles. The first-order valence-corrected chi connectivity index (χ1v) is 5.94. The van der Waals surface area contributed by atoms with E-state index in [1.807, 2.05) is 0 Å². The van der Waals surface area contributed by atoms with Gasteiger partial charge >= 0.3 is 11.9 Å². The fourth-order valence-electron chi connectivity index (χ4n) is 1.84. The van der Waals surface area contributed by atoms with Gasteiger partial charge in [0.05, 0.1) is 6.20 Å². The quantitative estimate of drug-likeness (QED) is 0.653. The van der Waals surface area contributed by atoms with E-state index in [1.165, 1.54) is 13.1 Å². The van der Waals surface area contributed by atoms with Crippen LogP contribution in [0.5, 0.6) is 5.75 Å². The Hall–Kier alpha value is -3.36. The zero-order chi connectivity index (χ0) is 16.4. The van der Waals surface area contributed by atoms with E-state index in [0.29, 0.717) is 0 Å². The maximum atomic E-state index is 12.1. The highest BCUT2D eigenvalue weighted by molar-refractivity contribution is 6.09. The molecule has 0 aliphatic rings. The van der Waals surface area contributed by atoms with Crippen LogP contribution in [-0.2, 0) is 7.05 Å². The topological polar surface area (TPSA) is 142 Å². The second-order valence-electron chi connectivity index (χ2n) is 4.33. The number of aromatic carboxylic acids is 2. The van der Waals surface area contributed by atoms with Crippen molar-refractivity contribution >= 4 is 23.5 Å². The van der Waals surface area contributed by atoms with Gasteiger partial charge in [-0.25, -0.2) is 9.59 Å². The van der Waals surface area contributed by atoms with Crippen molar-refractivity contribution < 1.29 is 29.7 Å². The number of carboxylic acids is 2. The standard InChI is InChI=1S/C13H11N3O6/c1-16-10(8(5-14-16)13(21)22)11(18)15-6-2-3-7(12(19)20)9(17)4-6/h2-5,17H,1H3,(H,15,18)(H,19,20)(H,21,22). The first-order chi connectivity index (χ1) is 10.3. The number of hydrogen-bond donors (Lipinski definition) is 4. The minimum absolute atomic E-state index is 0.116. The lowest BCUT2D eigenvalue weighted by Crippen LogP contribution is -2.19. The van der Waals surface area contributed by atoms with E-state index in [9.17, 15) is 19.5 Å². The average Bonchev–Trinajstić information content (AvgIpc) is 2.80. The highest BCUT2D eigenvalue weighted by atomic mass is 16.4. The number of anilines is 1. The Bertz CT molecular complexity index is 780. The molecule has 0 fully saturated rings. The number of nitrogens with zero attached hydrogens (tertiary/aromatic N) is 2. The van der Waals surface area contributed by atoms with Gasteiger partial charge in [0.2, 0.25) is 0 Å². The minimum atomic E-state index is -1.31. The van der Waals surface area contributed by atoms with Gasteiger partial charge in [0.15, 0.2) is 0 Å². The van der Waals surface area contributed by atoms with E-state index >= 15 is 0 Å². The summed E-state index contributed by atoms with van der Waals surface area (Å²) >= 11 is 0. The van der Waals surface area contributed by atoms with Crippen LogP contribution in [0.25, 0.3) is 0 Å². The zero-order valence-corrected chi connectivity index (χ0v) is 11.3. The number of aryl methyl sites for hydroxylation is 1. The van der Waals surface area contributed by atoms with Crippen molar-refractivity contribution in [3.05, 3.63) is 41.2 Å². The molecule has 9 heteroatoms. The van der Waals surface area contributed by atoms with Crippen LogP contribution in [-0.4, -0.2) is 42.9 Å². The van der Waals surface area contributed by atoms with E-state index in [2.05, 4.69) is 10.4 Å². The highest BCUT2D eigenvalue weighted by Gasteiger charge is 2.22. The molecular formula is C13H11N3O6. The summed E-state index contributed by atoms with van der Waals surface area (Å²) in [6.07, 6.45) is 1.04. The summed E-state index contributed by atoms with van der Waals surface area (Å²) in [5, 5.41) is 33.4. The second-order valence-corrected chi connectivity index (χ2v) is 4.33. The van der Waals surface area contributed by atoms with Gasteiger partial charge in [-0.2, -0.15) is 5.10 Å². The number of aromatic nitrogens is 2. The summed E-state index contributed by atoms with van der Waals surface area (Å²) in [7, 11) is 1.41. The smallest absolute Gasteiger partial charge is 0.339 e. The van der Waals surface area contributed by atoms with Crippen molar-refractivity contribution in [1.82, 2.24) is 9.78 Å². The van der Waals surface area contributed by atoms with E-state index in [1.54, 1.807) is 0 Å². The molecule has 2 aromatic rings. The fraction of sp³-hybridized carbons (Fsp3) is 0.0769. The Kier molecular flexibility index (Phi) is 3.80. The number of hydrogen-bond acceptors (Lipinski definition) is 5. The number of carboxylic acid groups (broad SMARTS) is 2. The monoisotopic (exact) mass is 305 g/mol. The first kappa shape index (κ1) is 15.0. The van der Waals surface area contributed by atoms with Crippen LogP contribution in [0.15, 0.2) is 24.4 Å². The lowest BCUT2D eigenvalue weighted by molar-refractivity contribution is 0.0682. The summed E-state index contributed by atoms with van der Waals surface area (Å²) < 4.78 is 1.10. The van der Waals surface area contributed by atoms with Gasteiger partial charge in [-0.3, -0.25) is 9.48 Å². The van der Waals surface area contributed by atoms with Crippen LogP contribution in [0.2, 0.25) is 0 Å². The lowest BCUT2D eigenvalue weighted by Gasteiger charge is -2.08. The number of aromatic hydroxyl groups is 1. The third-order valence-corrected chi connectivity index (χ3v) is 2.87. The largest absolute Gasteiger partial charge is 0.507 e. The van der Waals surface area contributed by atoms with Gasteiger partial charge < -0.3 is 20.6 Å². The summed E-state index contributed by atoms with van der Waals surface area (Å²) in [4.78, 5) is 33.9. The van der Waals surface area contributed by atoms with Gasteiger partial charge in [-0.1, -0.05) is 0 Å². The van der Waals surface area contributed by atoms with Gasteiger partial charge in [0, 0.05) is 18.8 Å². The molecule has 0 saturated heterocycles. The molecule has 0 aliphatic carbocycles. The molecule has 0 atom stereocenters. The van der Waals surface area contributed by atoms with E-state index in [-0.39, 0.29) is 22.5 Å². The van der Waals surface area contributed by atoms with Crippen LogP contribution < -0.4 is 5.32 Å². The van der Waals surface area contributed by atoms with Gasteiger partial charge in [0.1, 0.15) is 22.6 Å². The third kappa shape index (κ3) is 2.73. The summed E-state index contributed by atoms with van der Waals surface area (Å²) in [6, 6.07) is 3.45. The van der Waals surface area contributed by atoms with E-state index in [0.717, 1.165) is 23.0 Å². The third-order valence-electron chi connectivity index (χ3n) is 2.87. The molecule has 2 rings (SSSR count). The molecule has 9 nitrogen and oxygen atoms in total. The maximum Gasteiger partial charge on any atom is 0.339 e. The summed E-state index contributed by atoms with van der Waals surface area (Å²) in [6.45, 7) is 0. The van der Waals surface area contributed by atoms with Crippen LogP contribution in [0.3, 0.4) is 0 Å². The summed E-state index contributed by atoms with van der Waals surface area (Å²) in [5.41, 5.74) is -0.643. The average molecular weight is 305 g/mol. The van der Waals surface area contributed by atoms with Crippen LogP contribution in [0, 0.1) is 0 Å². The normalized spacial score (nSPS) is 10.2. The predicted octanol–water partition coefficient (Wildman–Crippen LogP) is 0.774. The first-order valence-electron chi connectivity index (χ1n) is 5.94. The molecule has 1 aromatic carbocycles. The number of phenols is 1. The van der Waals surface area contributed by atoms with Gasteiger partial charge in [0.25, 0.3) is 5.91 Å². The van der Waals surface area contributed by atoms with Crippen LogP contribution >= 0.6 is 0 Å². The van der Waals surface area contributed by atoms with Crippen molar-refractivity contribution in [2.45, 2.75) is 0 Å². The Balaban J connectivity index is 2.30. The molecule has 0 aliphatic heterocycles. The summed E-state index contributed by atoms with van der Waals surface area (Å²) in [5.74, 6) is -3.88. The molecule has 1 amide bonds. The molecule has 4 N–H and O–H groups in total. The van der Waals surface area contributed by atoms with Crippen LogP contribution in [0.1, 0.15) is 31.2 Å². The van der Waals surface area contributed by atoms with Crippen molar-refractivity contribution in [2.24, 2.45) is 7.05 Å². The molecule has 22 heavy (non-hydrogen) atoms. The Morgan fingerprint density at radius 1 is 1.14 bits per heavy atom. The van der Waals surface area contributed by atoms with Crippen molar-refractivity contribution in [3.63, 3.8) is 0 Å². The SMILES string of the molecule is Cn1ncc(C(=O)O)c1C(=O)Nc1ccc(C(=O)O)c(O)c1. The van der Waals surface area contributed by atoms with Crippen LogP contribution in [0.4, 0.5) is 5.69 Å². The molecule has 1 heterocycles. The highest BCUT2D eigenvalue weighted by Crippen LogP contribution is 2.22. The van der Waals surface area contributed by atoms with E-state index < -0.39 is 23.6 Å². The number of carbonyl (C=O) groups is 3. The second kappa shape index (κ2) is 5.56. The number of nitrogens with one attached hydrogen (secondary N) is 1. The van der Waals surface area contributed by atoms with Gasteiger partial charge in [-0.15, -0.1) is 0 Å². The maximum absolute atomic E-state index is 12.1. The van der Waals surface area contributed by atoms with Crippen molar-refractivity contribution in [3.8, 4) is 5.75 Å². The Morgan fingerprint density at radius 2 is 1.77 bits per heavy atom. The predicted molar refractivity (Wildman–Crippen MR) is 73.2 cm³/mol. The minimum Gasteiger partial charge on any atom is -0.507 e. The molecule has 0 spiro atoms. The Labute approximate surface area is 123 Å². The molecule has 0 bridgehead atoms. The number of amides is 1. The van der Waals surface area contributed by atoms with Gasteiger partial charge in [-0.05, 0) is 12.1 Å². The zero-order valence-electron chi connectivity index (χ0n) is 11.3. The fourth-order valence-corrected chi connectivity index (χ4v) is 1.84. The van der Waals surface area contributed by atoms with E-state index in [4.69, 9.17) is 10.2 Å². The molecule has 114 valence electrons. The van der Waals surface area contributed by atoms with Crippen molar-refractivity contribution in [2.75, 3.05) is 5.32 Å². The number of benzene rings is 1. The number of carbonyl (C=O) groups excluding carboxylic acids is 1. The molecule has 0 unspecified atom stereocenters. The number of rotatable bonds is 4. The molecular weight excluding hydrogens is 294 g/mol. The molecule has 0 radical (unpaired) electrons.